The summed E-state index contributed by atoms with van der Waals surface area (Å²) in [6.07, 6.45) is 0. The molecule has 0 saturated carbocycles. The fourth-order valence-electron chi connectivity index (χ4n) is 0.554. The van der Waals surface area contributed by atoms with Crippen LogP contribution in [0.25, 0.3) is 0 Å². The van der Waals surface area contributed by atoms with Gasteiger partial charge in [-0.2, -0.15) is 0 Å². The first kappa shape index (κ1) is 11.7. The Morgan fingerprint density at radius 2 is 2.08 bits per heavy atom. The van der Waals surface area contributed by atoms with Crippen molar-refractivity contribution in [3.05, 3.63) is 0 Å². The average Bonchev–Trinajstić information content (AvgIpc) is 2.57. The lowest BCUT2D eigenvalue weighted by atomic mass is 10.4. The Balaban J connectivity index is 0.000000261. The number of aliphatic hydroxyl groups is 2. The van der Waals surface area contributed by atoms with Crippen LogP contribution >= 0.6 is 11.8 Å². The molecule has 1 unspecified atom stereocenters. The third-order valence-corrected chi connectivity index (χ3v) is 2.05. The van der Waals surface area contributed by atoms with Gasteiger partial charge in [0.05, 0.1) is 13.2 Å². The van der Waals surface area contributed by atoms with Gasteiger partial charge < -0.3 is 15.3 Å². The van der Waals surface area contributed by atoms with E-state index >= 15 is 0 Å². The van der Waals surface area contributed by atoms with E-state index < -0.39 is 5.97 Å². The summed E-state index contributed by atoms with van der Waals surface area (Å²) in [6, 6.07) is -0.306. The number of rotatable bonds is 2. The SMILES string of the molecule is O=C(O)C1CSCN1.OCCO. The fourth-order valence-corrected chi connectivity index (χ4v) is 1.49. The summed E-state index contributed by atoms with van der Waals surface area (Å²) >= 11 is 1.62. The van der Waals surface area contributed by atoms with Crippen LogP contribution in [0.5, 0.6) is 0 Å². The first-order valence-electron chi connectivity index (χ1n) is 3.48. The van der Waals surface area contributed by atoms with Gasteiger partial charge in [0.2, 0.25) is 0 Å². The lowest BCUT2D eigenvalue weighted by Gasteiger charge is -1.98. The lowest BCUT2D eigenvalue weighted by Crippen LogP contribution is -2.32. The predicted octanol–water partition coefficient (Wildman–Crippen LogP) is -1.30. The zero-order valence-electron chi connectivity index (χ0n) is 6.56. The minimum atomic E-state index is -0.741. The number of hydrogen-bond acceptors (Lipinski definition) is 5. The lowest BCUT2D eigenvalue weighted by molar-refractivity contribution is -0.138. The molecule has 12 heavy (non-hydrogen) atoms. The van der Waals surface area contributed by atoms with E-state index in [9.17, 15) is 4.79 Å². The second-order valence-corrected chi connectivity index (χ2v) is 3.09. The zero-order valence-corrected chi connectivity index (χ0v) is 7.38. The molecule has 5 nitrogen and oxygen atoms in total. The highest BCUT2D eigenvalue weighted by molar-refractivity contribution is 7.99. The van der Waals surface area contributed by atoms with Gasteiger partial charge >= 0.3 is 5.97 Å². The second-order valence-electron chi connectivity index (χ2n) is 2.06. The number of nitrogens with one attached hydrogen (secondary N) is 1. The summed E-state index contributed by atoms with van der Waals surface area (Å²) in [6.45, 7) is -0.250. The number of aliphatic hydroxyl groups excluding tert-OH is 2. The van der Waals surface area contributed by atoms with Gasteiger partial charge in [-0.1, -0.05) is 0 Å². The van der Waals surface area contributed by atoms with E-state index in [1.807, 2.05) is 0 Å². The number of carbonyl (C=O) groups is 1. The van der Waals surface area contributed by atoms with Crippen molar-refractivity contribution in [2.45, 2.75) is 6.04 Å². The molecule has 0 spiro atoms. The summed E-state index contributed by atoms with van der Waals surface area (Å²) in [5.41, 5.74) is 0. The second kappa shape index (κ2) is 7.35. The highest BCUT2D eigenvalue weighted by atomic mass is 32.2. The number of hydrogen-bond donors (Lipinski definition) is 4. The quantitative estimate of drug-likeness (QED) is 0.438. The van der Waals surface area contributed by atoms with Crippen LogP contribution in [0, 0.1) is 0 Å². The van der Waals surface area contributed by atoms with Crippen LogP contribution in [0.4, 0.5) is 0 Å². The summed E-state index contributed by atoms with van der Waals surface area (Å²) in [5.74, 6) is 0.738. The number of carboxylic acid groups (broad SMARTS) is 1. The average molecular weight is 195 g/mol. The highest BCUT2D eigenvalue weighted by Crippen LogP contribution is 2.08. The van der Waals surface area contributed by atoms with Crippen LogP contribution in [0.3, 0.4) is 0 Å². The van der Waals surface area contributed by atoms with Crippen molar-refractivity contribution in [1.29, 1.82) is 0 Å². The van der Waals surface area contributed by atoms with Crippen molar-refractivity contribution in [3.8, 4) is 0 Å². The van der Waals surface area contributed by atoms with E-state index in [0.29, 0.717) is 5.75 Å². The summed E-state index contributed by atoms with van der Waals surface area (Å²) in [4.78, 5) is 10.1. The van der Waals surface area contributed by atoms with Crippen molar-refractivity contribution in [2.75, 3.05) is 24.8 Å². The first-order chi connectivity index (χ1) is 5.72. The molecule has 1 fully saturated rings. The van der Waals surface area contributed by atoms with Crippen LogP contribution < -0.4 is 5.32 Å². The van der Waals surface area contributed by atoms with Crippen LogP contribution in [0.2, 0.25) is 0 Å². The third kappa shape index (κ3) is 5.36. The number of thioether (sulfide) groups is 1. The largest absolute Gasteiger partial charge is 0.480 e. The minimum Gasteiger partial charge on any atom is -0.480 e. The molecule has 1 aliphatic rings. The highest BCUT2D eigenvalue weighted by Gasteiger charge is 2.20. The molecule has 0 aromatic rings. The van der Waals surface area contributed by atoms with E-state index in [1.165, 1.54) is 0 Å². The molecule has 72 valence electrons. The van der Waals surface area contributed by atoms with Crippen molar-refractivity contribution < 1.29 is 20.1 Å². The normalized spacial score (nSPS) is 21.3. The standard InChI is InChI=1S/C4H7NO2S.C2H6O2/c6-4(7)3-1-8-2-5-3;3-1-2-4/h3,5H,1-2H2,(H,6,7);3-4H,1-2H2. The van der Waals surface area contributed by atoms with Gasteiger partial charge in [-0.25, -0.2) is 0 Å². The Morgan fingerprint density at radius 3 is 2.25 bits per heavy atom. The van der Waals surface area contributed by atoms with Gasteiger partial charge in [-0.05, 0) is 0 Å². The Kier molecular flexibility index (Phi) is 7.17. The van der Waals surface area contributed by atoms with Crippen molar-refractivity contribution in [3.63, 3.8) is 0 Å². The maximum Gasteiger partial charge on any atom is 0.321 e. The summed E-state index contributed by atoms with van der Waals surface area (Å²) in [5, 5.41) is 26.4. The third-order valence-electron chi connectivity index (χ3n) is 1.11. The first-order valence-corrected chi connectivity index (χ1v) is 4.63. The smallest absolute Gasteiger partial charge is 0.321 e. The molecule has 0 radical (unpaired) electrons. The van der Waals surface area contributed by atoms with Gasteiger partial charge in [-0.3, -0.25) is 10.1 Å². The maximum atomic E-state index is 10.1. The molecule has 6 heteroatoms. The molecule has 4 N–H and O–H groups in total. The number of aliphatic carboxylic acids is 1. The molecule has 0 aromatic heterocycles. The number of carboxylic acids is 1. The van der Waals surface area contributed by atoms with Gasteiger partial charge in [0.15, 0.2) is 0 Å². The minimum absolute atomic E-state index is 0.125. The monoisotopic (exact) mass is 195 g/mol. The fraction of sp³-hybridized carbons (Fsp3) is 0.833. The molecule has 1 atom stereocenters. The van der Waals surface area contributed by atoms with E-state index in [4.69, 9.17) is 15.3 Å². The van der Waals surface area contributed by atoms with Gasteiger partial charge in [0.1, 0.15) is 6.04 Å². The molecule has 1 saturated heterocycles. The van der Waals surface area contributed by atoms with Crippen LogP contribution in [0.1, 0.15) is 0 Å². The molecule has 1 rings (SSSR count). The van der Waals surface area contributed by atoms with Gasteiger partial charge in [-0.15, -0.1) is 11.8 Å². The summed E-state index contributed by atoms with van der Waals surface area (Å²) in [7, 11) is 0. The van der Waals surface area contributed by atoms with E-state index in [-0.39, 0.29) is 19.3 Å². The zero-order chi connectivity index (χ0) is 9.40. The maximum absolute atomic E-state index is 10.1. The van der Waals surface area contributed by atoms with E-state index in [0.717, 1.165) is 5.88 Å². The topological polar surface area (TPSA) is 89.8 Å². The molecular formula is C6H13NO4S. The molecule has 1 aliphatic heterocycles. The molecular weight excluding hydrogens is 182 g/mol. The Hall–Kier alpha value is -0.300. The Labute approximate surface area is 74.8 Å². The van der Waals surface area contributed by atoms with Crippen molar-refractivity contribution >= 4 is 17.7 Å². The Morgan fingerprint density at radius 1 is 1.50 bits per heavy atom. The molecule has 0 amide bonds. The van der Waals surface area contributed by atoms with E-state index in [1.54, 1.807) is 11.8 Å². The van der Waals surface area contributed by atoms with Gasteiger partial charge in [0.25, 0.3) is 0 Å². The van der Waals surface area contributed by atoms with Crippen LogP contribution in [0.15, 0.2) is 0 Å². The van der Waals surface area contributed by atoms with Crippen LogP contribution in [-0.4, -0.2) is 52.2 Å². The molecule has 0 bridgehead atoms. The molecule has 0 aromatic carbocycles. The molecule has 1 heterocycles. The predicted molar refractivity (Wildman–Crippen MR) is 46.1 cm³/mol. The summed E-state index contributed by atoms with van der Waals surface area (Å²) < 4.78 is 0. The van der Waals surface area contributed by atoms with Gasteiger partial charge in [0, 0.05) is 11.6 Å². The van der Waals surface area contributed by atoms with Crippen molar-refractivity contribution in [1.82, 2.24) is 5.32 Å². The van der Waals surface area contributed by atoms with Crippen molar-refractivity contribution in [2.24, 2.45) is 0 Å². The van der Waals surface area contributed by atoms with Crippen LogP contribution in [-0.2, 0) is 4.79 Å². The van der Waals surface area contributed by atoms with E-state index in [2.05, 4.69) is 5.32 Å². The molecule has 0 aliphatic carbocycles. The Bertz CT molecular complexity index is 125.